The monoisotopic (exact) mass is 1310 g/mol. The molecule has 7 N–H and O–H groups in total. The molecular weight excluding hydrogens is 1270 g/mol. The van der Waals surface area contributed by atoms with E-state index in [1.165, 1.54) is 32.9 Å². The maximum absolute atomic E-state index is 12.0. The number of carbonyl (C=O) groups excluding carboxylic acids is 6. The van der Waals surface area contributed by atoms with E-state index in [2.05, 4.69) is 113 Å². The minimum atomic E-state index is -1.63. The van der Waals surface area contributed by atoms with E-state index in [4.69, 9.17) is 34.6 Å². The molecule has 0 saturated heterocycles. The molecule has 2 heterocycles. The van der Waals surface area contributed by atoms with Crippen LogP contribution in [0.1, 0.15) is 41.0 Å². The number of amides is 2. The maximum atomic E-state index is 12.0. The van der Waals surface area contributed by atoms with E-state index in [9.17, 15) is 39.0 Å². The number of nitrogens with zero attached hydrogens (tertiary/aromatic N) is 2. The van der Waals surface area contributed by atoms with Crippen molar-refractivity contribution in [1.82, 2.24) is 21.3 Å². The number of nitrogens with one attached hydrogen (secondary N) is 4. The summed E-state index contributed by atoms with van der Waals surface area (Å²) in [7, 11) is 2.26. The summed E-state index contributed by atoms with van der Waals surface area (Å²) in [6.45, 7) is 5.76. The van der Waals surface area contributed by atoms with Gasteiger partial charge < -0.3 is 65.0 Å². The van der Waals surface area contributed by atoms with Gasteiger partial charge in [-0.25, -0.2) is 9.59 Å². The third-order valence-corrected chi connectivity index (χ3v) is 7.27. The Labute approximate surface area is 387 Å². The molecule has 0 aliphatic carbocycles. The third kappa shape index (κ3) is 21.4. The molecule has 10 atom stereocenters. The van der Waals surface area contributed by atoms with E-state index in [1.54, 1.807) is 19.3 Å². The number of methoxy groups -OCH3 is 2. The van der Waals surface area contributed by atoms with Gasteiger partial charge in [-0.2, -0.15) is 10.5 Å². The second kappa shape index (κ2) is 31.7. The molecule has 2 aliphatic rings. The van der Waals surface area contributed by atoms with Crippen LogP contribution in [0.3, 0.4) is 0 Å². The Morgan fingerprint density at radius 2 is 1.17 bits per heavy atom. The second-order valence-corrected chi connectivity index (χ2v) is 46.7. The summed E-state index contributed by atoms with van der Waals surface area (Å²) in [5.74, 6) is -4.46. The van der Waals surface area contributed by atoms with Crippen LogP contribution in [0.15, 0.2) is 23.7 Å². The number of hydrogen-bond acceptors (Lipinski definition) is 19. The Hall–Kier alpha value is -2.14. The summed E-state index contributed by atoms with van der Waals surface area (Å²) in [4.78, 5) is 71.7. The predicted octanol–water partition coefficient (Wildman–Crippen LogP) is 0.465. The first-order chi connectivity index (χ1) is 27.2. The van der Waals surface area contributed by atoms with Gasteiger partial charge in [0.1, 0.15) is 24.4 Å². The van der Waals surface area contributed by atoms with E-state index in [1.807, 2.05) is 4.93 Å². The van der Waals surface area contributed by atoms with E-state index in [-0.39, 0.29) is 22.9 Å². The Morgan fingerprint density at radius 3 is 1.48 bits per heavy atom. The molecule has 0 bridgehead atoms. The number of alkyl halides is 1. The fourth-order valence-corrected chi connectivity index (χ4v) is 5.14. The normalized spacial score (nSPS) is 22.2. The average molecular weight is 1310 g/mol. The molecule has 0 spiro atoms. The molecule has 0 aromatic heterocycles. The van der Waals surface area contributed by atoms with E-state index in [0.717, 1.165) is 21.1 Å². The molecule has 328 valence electrons. The summed E-state index contributed by atoms with van der Waals surface area (Å²) in [6, 6.07) is -3.69. The van der Waals surface area contributed by atoms with Crippen molar-refractivity contribution in [2.75, 3.05) is 25.8 Å². The molecule has 2 amide bonds. The molecule has 0 radical (unpaired) electrons. The first-order valence-corrected chi connectivity index (χ1v) is 32.1. The topological polar surface area (TPSA) is 314 Å². The molecule has 0 unspecified atom stereocenters. The van der Waals surface area contributed by atoms with Crippen molar-refractivity contribution in [3.05, 3.63) is 23.7 Å². The van der Waals surface area contributed by atoms with Gasteiger partial charge in [0, 0.05) is 27.7 Å². The van der Waals surface area contributed by atoms with Gasteiger partial charge in [0.15, 0.2) is 24.6 Å². The molecule has 0 aromatic carbocycles. The van der Waals surface area contributed by atoms with Crippen LogP contribution in [0.4, 0.5) is 0 Å². The summed E-state index contributed by atoms with van der Waals surface area (Å²) in [6.07, 6.45) is -1.62. The van der Waals surface area contributed by atoms with Crippen molar-refractivity contribution in [3.63, 3.8) is 0 Å². The molecule has 2 aliphatic heterocycles. The van der Waals surface area contributed by atoms with Gasteiger partial charge >= 0.3 is 88.7 Å². The third-order valence-electron chi connectivity index (χ3n) is 7.27. The number of aliphatic hydroxyl groups is 3. The van der Waals surface area contributed by atoms with Crippen LogP contribution in [0.25, 0.3) is 0 Å². The molecular formula is C32H47I4N6O15V. The van der Waals surface area contributed by atoms with E-state index < -0.39 is 103 Å². The summed E-state index contributed by atoms with van der Waals surface area (Å²) in [5.41, 5.74) is 0. The Kier molecular flexibility index (Phi) is 31.7. The Balaban J connectivity index is 0. The zero-order valence-electron chi connectivity index (χ0n) is 32.4. The van der Waals surface area contributed by atoms with Crippen LogP contribution in [-0.2, 0) is 62.1 Å². The number of halogens is 4. The van der Waals surface area contributed by atoms with Crippen molar-refractivity contribution < 1.29 is 77.4 Å². The van der Waals surface area contributed by atoms with Gasteiger partial charge in [0.25, 0.3) is 0 Å². The van der Waals surface area contributed by atoms with Crippen molar-refractivity contribution in [2.24, 2.45) is 0 Å². The molecule has 0 fully saturated rings. The summed E-state index contributed by atoms with van der Waals surface area (Å²) < 4.78 is 30.8. The van der Waals surface area contributed by atoms with E-state index >= 15 is 0 Å². The average Bonchev–Trinajstić information content (AvgIpc) is 3.16. The fraction of sp³-hybridized carbons (Fsp3) is 0.625. The van der Waals surface area contributed by atoms with Crippen LogP contribution in [0.2, 0.25) is 0 Å². The van der Waals surface area contributed by atoms with Gasteiger partial charge in [0.2, 0.25) is 23.3 Å². The molecule has 26 heteroatoms. The molecule has 0 aromatic rings. The molecule has 58 heavy (non-hydrogen) atoms. The van der Waals surface area contributed by atoms with Gasteiger partial charge in [-0.3, -0.25) is 19.2 Å². The number of carbonyl (C=O) groups is 6. The van der Waals surface area contributed by atoms with Crippen molar-refractivity contribution in [2.45, 2.75) is 102 Å². The molecule has 21 nitrogen and oxygen atoms in total. The number of aliphatic hydroxyl groups excluding tert-OH is 3. The van der Waals surface area contributed by atoms with E-state index in [0.29, 0.717) is 0 Å². The summed E-state index contributed by atoms with van der Waals surface area (Å²) >= 11 is 9.54. The van der Waals surface area contributed by atoms with Crippen LogP contribution >= 0.6 is 82.5 Å². The quantitative estimate of drug-likeness (QED) is 0.0310. The number of esters is 4. The number of rotatable bonds is 14. The molecule has 2 rings (SSSR count). The number of nitriles is 2. The second-order valence-electron chi connectivity index (χ2n) is 11.3. The minimum absolute atomic E-state index is 0.248. The molecule has 0 saturated carbocycles. The van der Waals surface area contributed by atoms with Gasteiger partial charge in [0.05, 0.1) is 45.0 Å². The van der Waals surface area contributed by atoms with Crippen LogP contribution < -0.4 is 21.3 Å². The van der Waals surface area contributed by atoms with Gasteiger partial charge in [-0.1, -0.05) is 29.5 Å². The van der Waals surface area contributed by atoms with Crippen molar-refractivity contribution in [1.29, 1.82) is 10.5 Å². The van der Waals surface area contributed by atoms with Gasteiger partial charge in [-0.05, 0) is 23.5 Å². The van der Waals surface area contributed by atoms with Crippen LogP contribution in [-0.4, -0.2) is 138 Å². The first kappa shape index (κ1) is 58.0. The zero-order valence-corrected chi connectivity index (χ0v) is 42.5. The first-order valence-electron chi connectivity index (χ1n) is 16.5. The number of ether oxygens (including phenoxy) is 6. The van der Waals surface area contributed by atoms with Crippen molar-refractivity contribution >= 4 is 118 Å². The van der Waals surface area contributed by atoms with Crippen LogP contribution in [0, 0.1) is 22.9 Å². The Bertz CT molecular complexity index is 1510. The predicted molar refractivity (Wildman–Crippen MR) is 233 cm³/mol. The van der Waals surface area contributed by atoms with Crippen LogP contribution in [0.5, 0.6) is 0 Å². The fourth-order valence-electron chi connectivity index (χ4n) is 5.14. The summed E-state index contributed by atoms with van der Waals surface area (Å²) in [5, 5.41) is 56.5. The zero-order chi connectivity index (χ0) is 45.3. The van der Waals surface area contributed by atoms with Gasteiger partial charge in [-0.15, -0.1) is 0 Å². The number of hydrogen-bond donors (Lipinski definition) is 7. The standard InChI is InChI=1S/C18H25N3O8.C13H19N3O7.CH3I.3HI.V/c1-6-13(27-10(3)23)16(28-11(4)24)17-15(21-9(2)22)12(20-8-19)7-14(29-17)18(25)26-5;1-6(18)16-10-7(15-5-14)3-9(13(21)22-2)23-12(10)11(20)8(19)4-17;1-2;;;;/h7,12-13,15-17,20H,6H2,1-5H3,(H,21,22);3,7-8,10-12,15,17,19-20H,4H2,1-2H3,(H,16,18);1H3;3*1H;/q;;;;;;+3/p-3/t12-,13+,15+,16+,17+;7-,8+,10+,11+,12+;;;;;/m00...../s1. The SMILES string of the molecule is CC[C@@H](OC(C)=O)[C@@H](OC(C)=O)[C@@H]1OC(C(=O)OC)=C[C@H](NC#N)[C@H]1NC(C)=O.CI.COC(=O)C1=C[C@H](NC#N)[C@@H](NC(C)=O)[C@H]([C@H](O)[C@H](O)CO)O1.[I][V]([I])[I]. The Morgan fingerprint density at radius 1 is 0.793 bits per heavy atom. The van der Waals surface area contributed by atoms with Crippen molar-refractivity contribution in [3.8, 4) is 12.4 Å².